The Kier molecular flexibility index (Phi) is 9.35. The average molecular weight is 859 g/mol. The normalized spacial score (nSPS) is 11.3. The number of fused-ring (bicyclic) bond motifs is 6. The van der Waals surface area contributed by atoms with Gasteiger partial charge in [0.25, 0.3) is 0 Å². The highest BCUT2D eigenvalue weighted by Gasteiger charge is 2.23. The summed E-state index contributed by atoms with van der Waals surface area (Å²) in [6.07, 6.45) is 0. The first-order chi connectivity index (χ1) is 32.6. The summed E-state index contributed by atoms with van der Waals surface area (Å²) < 4.78 is 4.76. The summed E-state index contributed by atoms with van der Waals surface area (Å²) in [6.45, 7) is 8.03. The Bertz CT molecular complexity index is 3790. The van der Waals surface area contributed by atoms with E-state index in [9.17, 15) is 5.26 Å². The van der Waals surface area contributed by atoms with Gasteiger partial charge >= 0.3 is 0 Å². The lowest BCUT2D eigenvalue weighted by molar-refractivity contribution is 1.06. The van der Waals surface area contributed by atoms with Crippen molar-refractivity contribution in [1.29, 1.82) is 5.26 Å². The largest absolute Gasteiger partial charge is 0.308 e. The maximum atomic E-state index is 10.2. The van der Waals surface area contributed by atoms with Gasteiger partial charge in [-0.05, 0) is 69.8 Å². The third-order valence-corrected chi connectivity index (χ3v) is 13.6. The Morgan fingerprint density at radius 1 is 0.439 bits per heavy atom. The van der Waals surface area contributed by atoms with Crippen LogP contribution in [-0.2, 0) is 0 Å². The molecule has 0 aliphatic carbocycles. The zero-order valence-corrected chi connectivity index (χ0v) is 36.0. The van der Waals surface area contributed by atoms with Crippen molar-refractivity contribution in [2.75, 3.05) is 0 Å². The summed E-state index contributed by atoms with van der Waals surface area (Å²) in [4.78, 5) is 19.7. The molecule has 0 radical (unpaired) electrons. The first-order valence-corrected chi connectivity index (χ1v) is 22.4. The molecule has 0 saturated heterocycles. The predicted molar refractivity (Wildman–Crippen MR) is 271 cm³/mol. The van der Waals surface area contributed by atoms with Gasteiger partial charge in [-0.2, -0.15) is 5.26 Å². The molecule has 0 bridgehead atoms. The minimum absolute atomic E-state index is 0.526. The molecule has 0 unspecified atom stereocenters. The van der Waals surface area contributed by atoms with Crippen molar-refractivity contribution >= 4 is 59.0 Å². The van der Waals surface area contributed by atoms with Crippen molar-refractivity contribution in [2.24, 2.45) is 0 Å². The van der Waals surface area contributed by atoms with E-state index in [1.807, 2.05) is 109 Å². The minimum Gasteiger partial charge on any atom is -0.308 e. The number of nitrogens with zero attached hydrogens (tertiary/aromatic N) is 6. The zero-order valence-electron chi connectivity index (χ0n) is 35.2. The second-order valence-electron chi connectivity index (χ2n) is 16.1. The lowest BCUT2D eigenvalue weighted by Gasteiger charge is -2.17. The molecule has 0 spiro atoms. The number of hydrogen-bond donors (Lipinski definition) is 0. The third kappa shape index (κ3) is 6.50. The van der Waals surface area contributed by atoms with E-state index < -0.39 is 0 Å². The van der Waals surface area contributed by atoms with Gasteiger partial charge in [0.2, 0.25) is 0 Å². The van der Waals surface area contributed by atoms with Crippen molar-refractivity contribution < 1.29 is 0 Å². The van der Waals surface area contributed by atoms with Crippen LogP contribution in [0.2, 0.25) is 0 Å². The van der Waals surface area contributed by atoms with E-state index in [2.05, 4.69) is 113 Å². The van der Waals surface area contributed by atoms with Crippen LogP contribution in [0.4, 0.5) is 5.69 Å². The molecule has 12 aromatic rings. The molecule has 3 heterocycles. The topological polar surface area (TPSA) is 71.8 Å². The van der Waals surface area contributed by atoms with E-state index in [1.54, 1.807) is 11.3 Å². The van der Waals surface area contributed by atoms with Gasteiger partial charge in [0.05, 0.1) is 34.9 Å². The van der Waals surface area contributed by atoms with Crippen molar-refractivity contribution in [3.8, 4) is 79.3 Å². The molecule has 0 aliphatic rings. The number of thiophene rings is 1. The molecule has 306 valence electrons. The van der Waals surface area contributed by atoms with Crippen LogP contribution in [0, 0.1) is 17.9 Å². The summed E-state index contributed by atoms with van der Waals surface area (Å²) in [6, 6.07) is 72.7. The third-order valence-electron chi connectivity index (χ3n) is 12.4. The average Bonchev–Trinajstić information content (AvgIpc) is 3.94. The minimum atomic E-state index is 0.526. The van der Waals surface area contributed by atoms with Crippen molar-refractivity contribution in [3.63, 3.8) is 0 Å². The predicted octanol–water partition coefficient (Wildman–Crippen LogP) is 15.8. The number of rotatable bonds is 7. The van der Waals surface area contributed by atoms with Crippen LogP contribution >= 0.6 is 11.3 Å². The van der Waals surface area contributed by atoms with E-state index in [1.165, 1.54) is 20.2 Å². The van der Waals surface area contributed by atoms with Crippen LogP contribution in [0.1, 0.15) is 5.56 Å². The fraction of sp³-hybridized carbons (Fsp3) is 0. The Labute approximate surface area is 384 Å². The highest BCUT2D eigenvalue weighted by molar-refractivity contribution is 7.26. The quantitative estimate of drug-likeness (QED) is 0.150. The van der Waals surface area contributed by atoms with Gasteiger partial charge < -0.3 is 4.57 Å². The summed E-state index contributed by atoms with van der Waals surface area (Å²) >= 11 is 1.80. The lowest BCUT2D eigenvalue weighted by Crippen LogP contribution is -2.04. The van der Waals surface area contributed by atoms with E-state index in [0.717, 1.165) is 77.6 Å². The molecule has 66 heavy (non-hydrogen) atoms. The highest BCUT2D eigenvalue weighted by atomic mass is 32.1. The molecule has 9 aromatic carbocycles. The summed E-state index contributed by atoms with van der Waals surface area (Å²) in [7, 11) is 0. The molecule has 0 atom stereocenters. The monoisotopic (exact) mass is 858 g/mol. The molecule has 7 heteroatoms. The van der Waals surface area contributed by atoms with Gasteiger partial charge in [-0.15, -0.1) is 11.3 Å². The number of benzene rings is 9. The van der Waals surface area contributed by atoms with Gasteiger partial charge in [-0.25, -0.2) is 19.8 Å². The smallest absolute Gasteiger partial charge is 0.194 e. The molecule has 0 saturated carbocycles. The molecule has 0 amide bonds. The molecule has 6 nitrogen and oxygen atoms in total. The van der Waals surface area contributed by atoms with E-state index >= 15 is 0 Å². The van der Waals surface area contributed by atoms with Crippen LogP contribution in [0.15, 0.2) is 206 Å². The van der Waals surface area contributed by atoms with Gasteiger partial charge in [-0.3, -0.25) is 0 Å². The Balaban J connectivity index is 1.20. The van der Waals surface area contributed by atoms with Crippen LogP contribution in [0.3, 0.4) is 0 Å². The Hall–Kier alpha value is -9.01. The highest BCUT2D eigenvalue weighted by Crippen LogP contribution is 2.44. The van der Waals surface area contributed by atoms with Crippen molar-refractivity contribution in [1.82, 2.24) is 19.5 Å². The van der Waals surface area contributed by atoms with Crippen LogP contribution in [0.25, 0.3) is 120 Å². The fourth-order valence-corrected chi connectivity index (χ4v) is 10.5. The van der Waals surface area contributed by atoms with E-state index in [0.29, 0.717) is 28.7 Å². The SMILES string of the molecule is [C-]#[N+]c1ccccc1-c1ccc2c3ccc(-c4ccccc4C#N)cc3n(-c3ccc(-c4cccc5c4sc4ccccc45)cc3-c3nc(-c4ccccc4)nc(-c4ccccc4)n3)c2c1. The standard InChI is InChI=1S/C59H34N6S/c1-61-51-25-12-10-21-44(51)41-28-31-47-46-30-27-40(43-20-9-8-19-42(43)36-60)34-53(46)65(54(47)35-41)52-32-29-39(45-23-14-24-49-48-22-11-13-26-55(48)66-56(45)49)33-50(52)59-63-57(37-15-4-2-5-16-37)62-58(64-59)38-17-6-3-7-18-38/h2-35H. The lowest BCUT2D eigenvalue weighted by atomic mass is 9.98. The van der Waals surface area contributed by atoms with Crippen LogP contribution in [0.5, 0.6) is 0 Å². The maximum absolute atomic E-state index is 10.2. The van der Waals surface area contributed by atoms with Gasteiger partial charge in [0.1, 0.15) is 0 Å². The number of hydrogen-bond acceptors (Lipinski definition) is 5. The molecule has 0 aliphatic heterocycles. The summed E-state index contributed by atoms with van der Waals surface area (Å²) in [5.41, 5.74) is 12.3. The Morgan fingerprint density at radius 3 is 1.68 bits per heavy atom. The number of para-hydroxylation sites is 1. The van der Waals surface area contributed by atoms with E-state index in [-0.39, 0.29) is 0 Å². The summed E-state index contributed by atoms with van der Waals surface area (Å²) in [5, 5.41) is 14.8. The molecular formula is C59H34N6S. The second-order valence-corrected chi connectivity index (χ2v) is 17.2. The molecule has 12 rings (SSSR count). The number of aromatic nitrogens is 4. The first-order valence-electron chi connectivity index (χ1n) is 21.6. The van der Waals surface area contributed by atoms with Gasteiger partial charge in [-0.1, -0.05) is 170 Å². The van der Waals surface area contributed by atoms with Crippen LogP contribution in [-0.4, -0.2) is 19.5 Å². The molecule has 3 aromatic heterocycles. The summed E-state index contributed by atoms with van der Waals surface area (Å²) in [5.74, 6) is 1.66. The Morgan fingerprint density at radius 2 is 0.985 bits per heavy atom. The van der Waals surface area contributed by atoms with Gasteiger partial charge in [0, 0.05) is 47.6 Å². The van der Waals surface area contributed by atoms with E-state index in [4.69, 9.17) is 21.5 Å². The fourth-order valence-electron chi connectivity index (χ4n) is 9.24. The molecule has 0 fully saturated rings. The van der Waals surface area contributed by atoms with Crippen LogP contribution < -0.4 is 0 Å². The van der Waals surface area contributed by atoms with Crippen molar-refractivity contribution in [2.45, 2.75) is 0 Å². The first kappa shape index (κ1) is 38.6. The maximum Gasteiger partial charge on any atom is 0.194 e. The number of nitriles is 1. The molecule has 0 N–H and O–H groups in total. The second kappa shape index (κ2) is 16.0. The molecular weight excluding hydrogens is 825 g/mol. The van der Waals surface area contributed by atoms with Crippen molar-refractivity contribution in [3.05, 3.63) is 223 Å². The van der Waals surface area contributed by atoms with Gasteiger partial charge in [0.15, 0.2) is 23.2 Å². The zero-order chi connectivity index (χ0) is 44.1.